The zero-order chi connectivity index (χ0) is 14.1. The molecule has 0 aliphatic carbocycles. The summed E-state index contributed by atoms with van der Waals surface area (Å²) in [5.74, 6) is -1.59. The van der Waals surface area contributed by atoms with Crippen molar-refractivity contribution in [3.8, 4) is 5.75 Å². The van der Waals surface area contributed by atoms with E-state index in [-0.39, 0.29) is 3.57 Å². The molecule has 0 bridgehead atoms. The molecule has 1 heterocycles. The summed E-state index contributed by atoms with van der Waals surface area (Å²) in [4.78, 5) is 12.4. The summed E-state index contributed by atoms with van der Waals surface area (Å²) >= 11 is 1.30. The van der Waals surface area contributed by atoms with E-state index in [0.29, 0.717) is 6.20 Å². The number of rotatable bonds is 3. The maximum absolute atomic E-state index is 12.4. The number of alkyl halides is 5. The Hall–Kier alpha value is -1.27. The molecule has 0 atom stereocenters. The minimum atomic E-state index is -5.33. The average Bonchev–Trinajstić information content (AvgIpc) is 2.13. The largest absolute Gasteiger partial charge is 0.573 e. The molecule has 0 fully saturated rings. The molecule has 11 heteroatoms. The van der Waals surface area contributed by atoms with Gasteiger partial charge in [0.15, 0.2) is 5.69 Å². The predicted octanol–water partition coefficient (Wildman–Crippen LogP) is 3.43. The van der Waals surface area contributed by atoms with E-state index in [1.807, 2.05) is 0 Å². The maximum Gasteiger partial charge on any atom is 0.573 e. The van der Waals surface area contributed by atoms with Crippen molar-refractivity contribution >= 4 is 28.3 Å². The van der Waals surface area contributed by atoms with E-state index in [1.54, 1.807) is 0 Å². The average molecular weight is 384 g/mol. The highest BCUT2D eigenvalue weighted by Gasteiger charge is 2.39. The van der Waals surface area contributed by atoms with Crippen LogP contribution in [0.5, 0.6) is 5.75 Å². The second kappa shape index (κ2) is 5.16. The van der Waals surface area contributed by atoms with Gasteiger partial charge in [-0.05, 0) is 22.6 Å². The summed E-state index contributed by atoms with van der Waals surface area (Å²) in [6.45, 7) is 0. The van der Waals surface area contributed by atoms with Crippen LogP contribution in [0.4, 0.5) is 27.6 Å². The first-order valence-electron chi connectivity index (χ1n) is 4.00. The highest BCUT2D eigenvalue weighted by molar-refractivity contribution is 14.1. The van der Waals surface area contributed by atoms with E-state index in [9.17, 15) is 32.1 Å². The van der Waals surface area contributed by atoms with Crippen LogP contribution in [0.2, 0.25) is 0 Å². The van der Waals surface area contributed by atoms with E-state index >= 15 is 0 Å². The van der Waals surface area contributed by atoms with Gasteiger partial charge in [0.25, 0.3) is 6.43 Å². The predicted molar refractivity (Wildman–Crippen MR) is 55.2 cm³/mol. The van der Waals surface area contributed by atoms with Gasteiger partial charge < -0.3 is 4.74 Å². The molecule has 0 radical (unpaired) electrons. The van der Waals surface area contributed by atoms with Crippen LogP contribution >= 0.6 is 22.6 Å². The first-order valence-corrected chi connectivity index (χ1v) is 5.08. The summed E-state index contributed by atoms with van der Waals surface area (Å²) in [5, 5.41) is 10.6. The second-order valence-electron chi connectivity index (χ2n) is 2.77. The van der Waals surface area contributed by atoms with Crippen LogP contribution in [-0.2, 0) is 0 Å². The van der Waals surface area contributed by atoms with Crippen LogP contribution in [0.15, 0.2) is 6.20 Å². The summed E-state index contributed by atoms with van der Waals surface area (Å²) in [6.07, 6.45) is -8.10. The first kappa shape index (κ1) is 14.8. The number of hydrogen-bond donors (Lipinski definition) is 0. The molecular weight excluding hydrogens is 382 g/mol. The lowest BCUT2D eigenvalue weighted by Crippen LogP contribution is -2.20. The molecule has 0 spiro atoms. The molecule has 1 aromatic heterocycles. The zero-order valence-electron chi connectivity index (χ0n) is 8.04. The monoisotopic (exact) mass is 384 g/mol. The third-order valence-electron chi connectivity index (χ3n) is 1.60. The Kier molecular flexibility index (Phi) is 4.24. The molecule has 0 aromatic carbocycles. The first-order chi connectivity index (χ1) is 8.13. The number of aromatic nitrogens is 1. The van der Waals surface area contributed by atoms with Crippen molar-refractivity contribution in [2.75, 3.05) is 0 Å². The quantitative estimate of drug-likeness (QED) is 0.347. The van der Waals surface area contributed by atoms with Crippen LogP contribution in [0, 0.1) is 13.7 Å². The van der Waals surface area contributed by atoms with Crippen molar-refractivity contribution in [3.63, 3.8) is 0 Å². The minimum absolute atomic E-state index is 0.346. The number of nitrogens with zero attached hydrogens (tertiary/aromatic N) is 2. The molecule has 0 amide bonds. The van der Waals surface area contributed by atoms with Crippen molar-refractivity contribution in [3.05, 3.63) is 25.6 Å². The molecule has 0 aliphatic heterocycles. The molecule has 0 saturated carbocycles. The zero-order valence-corrected chi connectivity index (χ0v) is 10.2. The van der Waals surface area contributed by atoms with Crippen molar-refractivity contribution in [1.82, 2.24) is 4.98 Å². The number of ether oxygens (including phenoxy) is 1. The Labute approximate surface area is 109 Å². The highest BCUT2D eigenvalue weighted by Crippen LogP contribution is 2.40. The van der Waals surface area contributed by atoms with Gasteiger partial charge in [-0.15, -0.1) is 13.2 Å². The molecule has 1 rings (SSSR count). The molecule has 0 aliphatic rings. The van der Waals surface area contributed by atoms with Crippen LogP contribution in [-0.4, -0.2) is 16.3 Å². The Balaban J connectivity index is 3.48. The fourth-order valence-electron chi connectivity index (χ4n) is 1.02. The van der Waals surface area contributed by atoms with Gasteiger partial charge >= 0.3 is 12.0 Å². The number of hydrogen-bond acceptors (Lipinski definition) is 4. The van der Waals surface area contributed by atoms with Gasteiger partial charge in [0.05, 0.1) is 4.92 Å². The van der Waals surface area contributed by atoms with E-state index in [2.05, 4.69) is 9.72 Å². The van der Waals surface area contributed by atoms with Gasteiger partial charge in [0.1, 0.15) is 3.57 Å². The van der Waals surface area contributed by atoms with Gasteiger partial charge in [-0.2, -0.15) is 0 Å². The van der Waals surface area contributed by atoms with Crippen molar-refractivity contribution in [2.24, 2.45) is 0 Å². The molecule has 5 nitrogen and oxygen atoms in total. The lowest BCUT2D eigenvalue weighted by atomic mass is 10.3. The maximum atomic E-state index is 12.4. The minimum Gasteiger partial charge on any atom is -0.396 e. The Bertz CT molecular complexity index is 479. The van der Waals surface area contributed by atoms with Crippen LogP contribution < -0.4 is 4.74 Å². The van der Waals surface area contributed by atoms with Crippen molar-refractivity contribution < 1.29 is 31.6 Å². The molecule has 100 valence electrons. The van der Waals surface area contributed by atoms with Crippen LogP contribution in [0.1, 0.15) is 12.1 Å². The summed E-state index contributed by atoms with van der Waals surface area (Å²) in [5.41, 5.74) is -2.63. The fraction of sp³-hybridized carbons (Fsp3) is 0.286. The fourth-order valence-corrected chi connectivity index (χ4v) is 1.60. The molecular formula is C7H2F5IN2O3. The standard InChI is InChI=1S/C7H2F5IN2O3/c8-6(9)3-5(18-7(10,11)12)4(15(16)17)2(13)1-14-3/h1,6H. The van der Waals surface area contributed by atoms with Gasteiger partial charge in [-0.1, -0.05) is 0 Å². The van der Waals surface area contributed by atoms with E-state index in [0.717, 1.165) is 0 Å². The number of nitro groups is 1. The van der Waals surface area contributed by atoms with E-state index in [1.165, 1.54) is 22.6 Å². The Morgan fingerprint density at radius 1 is 1.44 bits per heavy atom. The Morgan fingerprint density at radius 3 is 2.39 bits per heavy atom. The van der Waals surface area contributed by atoms with Gasteiger partial charge in [-0.3, -0.25) is 10.1 Å². The van der Waals surface area contributed by atoms with Crippen molar-refractivity contribution in [1.29, 1.82) is 0 Å². The van der Waals surface area contributed by atoms with Crippen molar-refractivity contribution in [2.45, 2.75) is 12.8 Å². The van der Waals surface area contributed by atoms with Gasteiger partial charge in [0.2, 0.25) is 5.75 Å². The third-order valence-corrected chi connectivity index (χ3v) is 2.39. The van der Waals surface area contributed by atoms with Crippen LogP contribution in [0.25, 0.3) is 0 Å². The summed E-state index contributed by atoms with van der Waals surface area (Å²) < 4.78 is 63.9. The summed E-state index contributed by atoms with van der Waals surface area (Å²) in [6, 6.07) is 0. The van der Waals surface area contributed by atoms with E-state index in [4.69, 9.17) is 0 Å². The van der Waals surface area contributed by atoms with E-state index < -0.39 is 34.8 Å². The lowest BCUT2D eigenvalue weighted by Gasteiger charge is -2.12. The van der Waals surface area contributed by atoms with Gasteiger partial charge in [0, 0.05) is 6.20 Å². The summed E-state index contributed by atoms with van der Waals surface area (Å²) in [7, 11) is 0. The molecule has 0 unspecified atom stereocenters. The van der Waals surface area contributed by atoms with Crippen LogP contribution in [0.3, 0.4) is 0 Å². The number of halogens is 6. The Morgan fingerprint density at radius 2 is 2.00 bits per heavy atom. The SMILES string of the molecule is O=[N+]([O-])c1c(I)cnc(C(F)F)c1OC(F)(F)F. The molecule has 1 aromatic rings. The lowest BCUT2D eigenvalue weighted by molar-refractivity contribution is -0.389. The molecule has 0 saturated heterocycles. The van der Waals surface area contributed by atoms with Gasteiger partial charge in [-0.25, -0.2) is 13.8 Å². The highest BCUT2D eigenvalue weighted by atomic mass is 127. The normalized spacial score (nSPS) is 11.7. The smallest absolute Gasteiger partial charge is 0.396 e. The third kappa shape index (κ3) is 3.36. The molecule has 18 heavy (non-hydrogen) atoms. The molecule has 0 N–H and O–H groups in total. The second-order valence-corrected chi connectivity index (χ2v) is 3.94. The topological polar surface area (TPSA) is 65.3 Å². The number of pyridine rings is 1.